The van der Waals surface area contributed by atoms with Gasteiger partial charge in [-0.1, -0.05) is 0 Å². The van der Waals surface area contributed by atoms with Gasteiger partial charge in [-0.05, 0) is 44.0 Å². The Balaban J connectivity index is 1.95. The standard InChI is InChI=1S/C16H17NO3/c1-11(18)13-2-3-15-14(10-13)4-7-17(15)16(19)12-5-8-20-9-6-12/h2-4,7,10,12H,5-6,8-9H2,1H3. The third-order valence-electron chi connectivity index (χ3n) is 3.90. The Bertz CT molecular complexity index is 665. The van der Waals surface area contributed by atoms with Crippen LogP contribution >= 0.6 is 0 Å². The number of nitrogens with zero attached hydrogens (tertiary/aromatic N) is 1. The van der Waals surface area contributed by atoms with Crippen LogP contribution in [0.5, 0.6) is 0 Å². The van der Waals surface area contributed by atoms with Gasteiger partial charge in [0.2, 0.25) is 5.91 Å². The Morgan fingerprint density at radius 1 is 1.20 bits per heavy atom. The van der Waals surface area contributed by atoms with Crippen molar-refractivity contribution in [2.75, 3.05) is 13.2 Å². The van der Waals surface area contributed by atoms with Crippen molar-refractivity contribution in [2.24, 2.45) is 5.92 Å². The zero-order chi connectivity index (χ0) is 14.1. The number of rotatable bonds is 2. The van der Waals surface area contributed by atoms with Gasteiger partial charge in [0.05, 0.1) is 5.52 Å². The van der Waals surface area contributed by atoms with Gasteiger partial charge in [0, 0.05) is 36.3 Å². The van der Waals surface area contributed by atoms with E-state index in [9.17, 15) is 9.59 Å². The molecule has 1 fully saturated rings. The van der Waals surface area contributed by atoms with Gasteiger partial charge in [-0.15, -0.1) is 0 Å². The minimum absolute atomic E-state index is 0.0341. The summed E-state index contributed by atoms with van der Waals surface area (Å²) in [5.41, 5.74) is 1.54. The number of carbonyl (C=O) groups excluding carboxylic acids is 2. The van der Waals surface area contributed by atoms with Crippen molar-refractivity contribution < 1.29 is 14.3 Å². The van der Waals surface area contributed by atoms with Crippen LogP contribution in [0.25, 0.3) is 10.9 Å². The molecular formula is C16H17NO3. The second kappa shape index (κ2) is 5.21. The van der Waals surface area contributed by atoms with Gasteiger partial charge in [-0.3, -0.25) is 14.2 Å². The average Bonchev–Trinajstić information content (AvgIpc) is 2.90. The molecule has 0 saturated carbocycles. The summed E-state index contributed by atoms with van der Waals surface area (Å²) in [7, 11) is 0. The van der Waals surface area contributed by atoms with E-state index >= 15 is 0 Å². The highest BCUT2D eigenvalue weighted by Crippen LogP contribution is 2.23. The molecule has 4 nitrogen and oxygen atoms in total. The highest BCUT2D eigenvalue weighted by molar-refractivity contribution is 6.00. The van der Waals surface area contributed by atoms with E-state index in [1.165, 1.54) is 0 Å². The molecule has 2 aromatic rings. The molecule has 4 heteroatoms. The van der Waals surface area contributed by atoms with Crippen LogP contribution in [-0.2, 0) is 4.74 Å². The van der Waals surface area contributed by atoms with E-state index in [1.54, 1.807) is 23.8 Å². The van der Waals surface area contributed by atoms with E-state index in [2.05, 4.69) is 0 Å². The van der Waals surface area contributed by atoms with Crippen molar-refractivity contribution in [3.63, 3.8) is 0 Å². The molecule has 1 aromatic heterocycles. The first-order chi connectivity index (χ1) is 9.66. The number of hydrogen-bond acceptors (Lipinski definition) is 3. The van der Waals surface area contributed by atoms with Crippen LogP contribution in [0.3, 0.4) is 0 Å². The number of benzene rings is 1. The monoisotopic (exact) mass is 271 g/mol. The van der Waals surface area contributed by atoms with Crippen LogP contribution in [0, 0.1) is 5.92 Å². The lowest BCUT2D eigenvalue weighted by Crippen LogP contribution is -2.27. The fraction of sp³-hybridized carbons (Fsp3) is 0.375. The Hall–Kier alpha value is -1.94. The molecule has 0 aliphatic carbocycles. The third-order valence-corrected chi connectivity index (χ3v) is 3.90. The summed E-state index contributed by atoms with van der Waals surface area (Å²) in [5, 5.41) is 0.929. The largest absolute Gasteiger partial charge is 0.381 e. The van der Waals surface area contributed by atoms with Crippen molar-refractivity contribution in [1.29, 1.82) is 0 Å². The maximum Gasteiger partial charge on any atom is 0.234 e. The summed E-state index contributed by atoms with van der Waals surface area (Å²) < 4.78 is 7.00. The van der Waals surface area contributed by atoms with Crippen LogP contribution in [0.15, 0.2) is 30.5 Å². The molecule has 0 bridgehead atoms. The maximum atomic E-state index is 12.5. The highest BCUT2D eigenvalue weighted by atomic mass is 16.5. The van der Waals surface area contributed by atoms with E-state index in [-0.39, 0.29) is 17.6 Å². The number of ketones is 1. The fourth-order valence-corrected chi connectivity index (χ4v) is 2.69. The fourth-order valence-electron chi connectivity index (χ4n) is 2.69. The zero-order valence-corrected chi connectivity index (χ0v) is 11.5. The van der Waals surface area contributed by atoms with Gasteiger partial charge in [0.25, 0.3) is 0 Å². The van der Waals surface area contributed by atoms with Gasteiger partial charge in [-0.2, -0.15) is 0 Å². The molecule has 0 spiro atoms. The maximum absolute atomic E-state index is 12.5. The molecule has 3 rings (SSSR count). The third kappa shape index (κ3) is 2.27. The number of ether oxygens (including phenoxy) is 1. The summed E-state index contributed by atoms with van der Waals surface area (Å²) >= 11 is 0. The van der Waals surface area contributed by atoms with Gasteiger partial charge >= 0.3 is 0 Å². The van der Waals surface area contributed by atoms with Crippen molar-refractivity contribution in [3.05, 3.63) is 36.0 Å². The Morgan fingerprint density at radius 3 is 2.65 bits per heavy atom. The Morgan fingerprint density at radius 2 is 1.95 bits per heavy atom. The van der Waals surface area contributed by atoms with Crippen molar-refractivity contribution in [1.82, 2.24) is 4.57 Å². The molecule has 0 amide bonds. The van der Waals surface area contributed by atoms with E-state index in [4.69, 9.17) is 4.74 Å². The molecule has 1 aromatic carbocycles. The van der Waals surface area contributed by atoms with Crippen LogP contribution in [-0.4, -0.2) is 29.5 Å². The number of aromatic nitrogens is 1. The van der Waals surface area contributed by atoms with Crippen LogP contribution in [0.2, 0.25) is 0 Å². The predicted molar refractivity (Wildman–Crippen MR) is 76.1 cm³/mol. The molecule has 104 valence electrons. The molecule has 2 heterocycles. The molecular weight excluding hydrogens is 254 g/mol. The number of hydrogen-bond donors (Lipinski definition) is 0. The highest BCUT2D eigenvalue weighted by Gasteiger charge is 2.23. The molecule has 1 aliphatic rings. The second-order valence-electron chi connectivity index (χ2n) is 5.24. The molecule has 0 radical (unpaired) electrons. The lowest BCUT2D eigenvalue weighted by Gasteiger charge is -2.21. The molecule has 1 aliphatic heterocycles. The average molecular weight is 271 g/mol. The number of carbonyl (C=O) groups is 2. The Labute approximate surface area is 117 Å². The topological polar surface area (TPSA) is 48.3 Å². The van der Waals surface area contributed by atoms with Crippen molar-refractivity contribution in [2.45, 2.75) is 19.8 Å². The number of fused-ring (bicyclic) bond motifs is 1. The van der Waals surface area contributed by atoms with Gasteiger partial charge in [0.15, 0.2) is 5.78 Å². The minimum Gasteiger partial charge on any atom is -0.381 e. The minimum atomic E-state index is 0.0341. The normalized spacial score (nSPS) is 16.4. The first-order valence-electron chi connectivity index (χ1n) is 6.91. The van der Waals surface area contributed by atoms with Crippen molar-refractivity contribution in [3.8, 4) is 0 Å². The molecule has 0 unspecified atom stereocenters. The summed E-state index contributed by atoms with van der Waals surface area (Å²) in [6, 6.07) is 7.35. The SMILES string of the molecule is CC(=O)c1ccc2c(ccn2C(=O)C2CCOCC2)c1. The lowest BCUT2D eigenvalue weighted by atomic mass is 9.99. The van der Waals surface area contributed by atoms with E-state index in [1.807, 2.05) is 18.2 Å². The smallest absolute Gasteiger partial charge is 0.234 e. The lowest BCUT2D eigenvalue weighted by molar-refractivity contribution is 0.0490. The number of Topliss-reactive ketones (excluding diaryl/α,β-unsaturated/α-hetero) is 1. The van der Waals surface area contributed by atoms with Gasteiger partial charge in [0.1, 0.15) is 0 Å². The summed E-state index contributed by atoms with van der Waals surface area (Å²) in [5.74, 6) is 0.195. The quantitative estimate of drug-likeness (QED) is 0.789. The molecule has 1 saturated heterocycles. The van der Waals surface area contributed by atoms with E-state index in [0.29, 0.717) is 18.8 Å². The second-order valence-corrected chi connectivity index (χ2v) is 5.24. The van der Waals surface area contributed by atoms with Crippen LogP contribution < -0.4 is 0 Å². The first kappa shape index (κ1) is 13.1. The first-order valence-corrected chi connectivity index (χ1v) is 6.91. The van der Waals surface area contributed by atoms with Crippen LogP contribution in [0.4, 0.5) is 0 Å². The zero-order valence-electron chi connectivity index (χ0n) is 11.5. The summed E-state index contributed by atoms with van der Waals surface area (Å²) in [4.78, 5) is 23.9. The predicted octanol–water partition coefficient (Wildman–Crippen LogP) is 2.91. The molecule has 0 N–H and O–H groups in total. The van der Waals surface area contributed by atoms with Gasteiger partial charge < -0.3 is 4.74 Å². The molecule has 0 atom stereocenters. The van der Waals surface area contributed by atoms with Crippen LogP contribution in [0.1, 0.15) is 34.9 Å². The molecule has 20 heavy (non-hydrogen) atoms. The summed E-state index contributed by atoms with van der Waals surface area (Å²) in [6.45, 7) is 2.86. The van der Waals surface area contributed by atoms with E-state index < -0.39 is 0 Å². The summed E-state index contributed by atoms with van der Waals surface area (Å²) in [6.07, 6.45) is 3.36. The Kier molecular flexibility index (Phi) is 3.40. The van der Waals surface area contributed by atoms with Gasteiger partial charge in [-0.25, -0.2) is 0 Å². The van der Waals surface area contributed by atoms with Crippen molar-refractivity contribution >= 4 is 22.6 Å². The van der Waals surface area contributed by atoms with E-state index in [0.717, 1.165) is 23.7 Å².